The number of ether oxygens (including phenoxy) is 1. The predicted molar refractivity (Wildman–Crippen MR) is 74.5 cm³/mol. The van der Waals surface area contributed by atoms with Crippen molar-refractivity contribution in [1.29, 1.82) is 0 Å². The number of hydrogen-bond donors (Lipinski definition) is 1. The summed E-state index contributed by atoms with van der Waals surface area (Å²) in [6.45, 7) is 3.23. The van der Waals surface area contributed by atoms with Crippen molar-refractivity contribution in [3.63, 3.8) is 0 Å². The number of nitrogens with two attached hydrogens (primary N) is 1. The quantitative estimate of drug-likeness (QED) is 0.828. The highest BCUT2D eigenvalue weighted by Gasteiger charge is 2.05. The number of thiazole rings is 1. The third-order valence-corrected chi connectivity index (χ3v) is 3.92. The summed E-state index contributed by atoms with van der Waals surface area (Å²) in [4.78, 5) is 5.40. The second-order valence-corrected chi connectivity index (χ2v) is 5.23. The number of aryl methyl sites for hydroxylation is 1. The molecule has 3 nitrogen and oxygen atoms in total. The SMILES string of the molecule is Cc1ncsc1CCOCc1cc(CN)ccc1F. The zero-order chi connectivity index (χ0) is 13.7. The molecule has 0 aliphatic carbocycles. The Hall–Kier alpha value is -1.30. The minimum atomic E-state index is -0.244. The van der Waals surface area contributed by atoms with Crippen LogP contribution in [0.4, 0.5) is 4.39 Å². The molecule has 0 amide bonds. The van der Waals surface area contributed by atoms with E-state index in [9.17, 15) is 4.39 Å². The summed E-state index contributed by atoms with van der Waals surface area (Å²) >= 11 is 1.62. The van der Waals surface area contributed by atoms with Crippen LogP contribution in [-0.4, -0.2) is 11.6 Å². The Kier molecular flexibility index (Phi) is 5.01. The first kappa shape index (κ1) is 14.1. The first-order chi connectivity index (χ1) is 9.20. The Morgan fingerprint density at radius 1 is 1.42 bits per heavy atom. The summed E-state index contributed by atoms with van der Waals surface area (Å²) in [5, 5.41) is 0. The van der Waals surface area contributed by atoms with Gasteiger partial charge in [-0.15, -0.1) is 11.3 Å². The summed E-state index contributed by atoms with van der Waals surface area (Å²) in [5.74, 6) is -0.244. The minimum Gasteiger partial charge on any atom is -0.376 e. The van der Waals surface area contributed by atoms with Crippen molar-refractivity contribution in [3.8, 4) is 0 Å². The van der Waals surface area contributed by atoms with Crippen molar-refractivity contribution in [2.75, 3.05) is 6.61 Å². The van der Waals surface area contributed by atoms with E-state index < -0.39 is 0 Å². The third-order valence-electron chi connectivity index (χ3n) is 2.92. The lowest BCUT2D eigenvalue weighted by molar-refractivity contribution is 0.121. The summed E-state index contributed by atoms with van der Waals surface area (Å²) in [5.41, 5.74) is 9.88. The fourth-order valence-electron chi connectivity index (χ4n) is 1.78. The fraction of sp³-hybridized carbons (Fsp3) is 0.357. The molecule has 0 bridgehead atoms. The molecule has 0 unspecified atom stereocenters. The van der Waals surface area contributed by atoms with E-state index in [1.807, 2.05) is 12.4 Å². The Labute approximate surface area is 116 Å². The summed E-state index contributed by atoms with van der Waals surface area (Å²) in [6.07, 6.45) is 0.814. The van der Waals surface area contributed by atoms with Crippen molar-refractivity contribution in [2.45, 2.75) is 26.5 Å². The molecule has 0 saturated carbocycles. The standard InChI is InChI=1S/C14H17FN2OS/c1-10-14(19-9-17-10)4-5-18-8-12-6-11(7-16)2-3-13(12)15/h2-3,6,9H,4-5,7-8,16H2,1H3. The molecule has 0 atom stereocenters. The van der Waals surface area contributed by atoms with Crippen LogP contribution < -0.4 is 5.73 Å². The Balaban J connectivity index is 1.84. The van der Waals surface area contributed by atoms with Crippen LogP contribution in [0.1, 0.15) is 21.7 Å². The highest BCUT2D eigenvalue weighted by atomic mass is 32.1. The number of nitrogens with zero attached hydrogens (tertiary/aromatic N) is 1. The number of rotatable bonds is 6. The smallest absolute Gasteiger partial charge is 0.128 e. The molecule has 0 aliphatic rings. The molecule has 2 aromatic rings. The minimum absolute atomic E-state index is 0.244. The molecule has 2 rings (SSSR count). The van der Waals surface area contributed by atoms with Gasteiger partial charge in [-0.05, 0) is 24.6 Å². The zero-order valence-electron chi connectivity index (χ0n) is 10.9. The van der Waals surface area contributed by atoms with Gasteiger partial charge < -0.3 is 10.5 Å². The number of aromatic nitrogens is 1. The van der Waals surface area contributed by atoms with Crippen molar-refractivity contribution < 1.29 is 9.13 Å². The average Bonchev–Trinajstić information content (AvgIpc) is 2.82. The second kappa shape index (κ2) is 6.75. The fourth-order valence-corrected chi connectivity index (χ4v) is 2.54. The molecule has 1 aromatic heterocycles. The lowest BCUT2D eigenvalue weighted by atomic mass is 10.1. The lowest BCUT2D eigenvalue weighted by Gasteiger charge is -2.07. The molecule has 0 saturated heterocycles. The highest BCUT2D eigenvalue weighted by Crippen LogP contribution is 2.14. The van der Waals surface area contributed by atoms with Crippen LogP contribution in [0.25, 0.3) is 0 Å². The Bertz CT molecular complexity index is 542. The largest absolute Gasteiger partial charge is 0.376 e. The Morgan fingerprint density at radius 3 is 2.95 bits per heavy atom. The van der Waals surface area contributed by atoms with Gasteiger partial charge in [-0.1, -0.05) is 6.07 Å². The van der Waals surface area contributed by atoms with Crippen LogP contribution in [0.2, 0.25) is 0 Å². The zero-order valence-corrected chi connectivity index (χ0v) is 11.7. The van der Waals surface area contributed by atoms with Crippen molar-refractivity contribution >= 4 is 11.3 Å². The van der Waals surface area contributed by atoms with E-state index in [2.05, 4.69) is 4.98 Å². The van der Waals surface area contributed by atoms with E-state index in [4.69, 9.17) is 10.5 Å². The molecule has 0 fully saturated rings. The first-order valence-corrected chi connectivity index (χ1v) is 7.02. The van der Waals surface area contributed by atoms with Gasteiger partial charge in [0.1, 0.15) is 5.82 Å². The van der Waals surface area contributed by atoms with Gasteiger partial charge in [0.05, 0.1) is 24.4 Å². The molecular weight excluding hydrogens is 263 g/mol. The van der Waals surface area contributed by atoms with Crippen molar-refractivity contribution in [1.82, 2.24) is 4.98 Å². The van der Waals surface area contributed by atoms with E-state index in [0.29, 0.717) is 18.7 Å². The monoisotopic (exact) mass is 280 g/mol. The van der Waals surface area contributed by atoms with E-state index >= 15 is 0 Å². The topological polar surface area (TPSA) is 48.1 Å². The van der Waals surface area contributed by atoms with Gasteiger partial charge in [0.25, 0.3) is 0 Å². The molecule has 0 radical (unpaired) electrons. The van der Waals surface area contributed by atoms with Crippen LogP contribution in [0.5, 0.6) is 0 Å². The van der Waals surface area contributed by atoms with Crippen molar-refractivity contribution in [2.24, 2.45) is 5.73 Å². The average molecular weight is 280 g/mol. The lowest BCUT2D eigenvalue weighted by Crippen LogP contribution is -2.03. The van der Waals surface area contributed by atoms with Gasteiger partial charge in [-0.3, -0.25) is 0 Å². The summed E-state index contributed by atoms with van der Waals surface area (Å²) in [7, 11) is 0. The van der Waals surface area contributed by atoms with E-state index in [1.165, 1.54) is 10.9 Å². The molecule has 19 heavy (non-hydrogen) atoms. The number of benzene rings is 1. The van der Waals surface area contributed by atoms with Crippen LogP contribution in [-0.2, 0) is 24.3 Å². The maximum atomic E-state index is 13.5. The molecule has 1 aromatic carbocycles. The van der Waals surface area contributed by atoms with Gasteiger partial charge in [0.15, 0.2) is 0 Å². The van der Waals surface area contributed by atoms with Gasteiger partial charge in [0, 0.05) is 23.4 Å². The Morgan fingerprint density at radius 2 is 2.26 bits per heavy atom. The molecule has 5 heteroatoms. The number of halogens is 1. The summed E-state index contributed by atoms with van der Waals surface area (Å²) < 4.78 is 19.1. The van der Waals surface area contributed by atoms with Gasteiger partial charge >= 0.3 is 0 Å². The maximum Gasteiger partial charge on any atom is 0.128 e. The molecule has 102 valence electrons. The van der Waals surface area contributed by atoms with Gasteiger partial charge in [-0.2, -0.15) is 0 Å². The van der Waals surface area contributed by atoms with Crippen molar-refractivity contribution in [3.05, 3.63) is 51.2 Å². The third kappa shape index (κ3) is 3.83. The molecule has 0 aliphatic heterocycles. The molecule has 1 heterocycles. The number of hydrogen-bond acceptors (Lipinski definition) is 4. The van der Waals surface area contributed by atoms with Gasteiger partial charge in [-0.25, -0.2) is 9.37 Å². The normalized spacial score (nSPS) is 10.9. The molecular formula is C14H17FN2OS. The van der Waals surface area contributed by atoms with Crippen LogP contribution in [0, 0.1) is 12.7 Å². The van der Waals surface area contributed by atoms with E-state index in [0.717, 1.165) is 17.7 Å². The molecule has 2 N–H and O–H groups in total. The van der Waals surface area contributed by atoms with Gasteiger partial charge in [0.2, 0.25) is 0 Å². The predicted octanol–water partition coefficient (Wildman–Crippen LogP) is 2.81. The highest BCUT2D eigenvalue weighted by molar-refractivity contribution is 7.09. The van der Waals surface area contributed by atoms with E-state index in [1.54, 1.807) is 23.5 Å². The second-order valence-electron chi connectivity index (χ2n) is 4.29. The van der Waals surface area contributed by atoms with Crippen LogP contribution >= 0.6 is 11.3 Å². The van der Waals surface area contributed by atoms with Crippen LogP contribution in [0.15, 0.2) is 23.7 Å². The maximum absolute atomic E-state index is 13.5. The summed E-state index contributed by atoms with van der Waals surface area (Å²) in [6, 6.07) is 4.89. The first-order valence-electron chi connectivity index (χ1n) is 6.14. The molecule has 0 spiro atoms. The van der Waals surface area contributed by atoms with Crippen LogP contribution in [0.3, 0.4) is 0 Å². The van der Waals surface area contributed by atoms with E-state index in [-0.39, 0.29) is 12.4 Å².